The first-order valence-electron chi connectivity index (χ1n) is 7.71. The smallest absolute Gasteiger partial charge is 0.227 e. The number of hydrogen-bond donors (Lipinski definition) is 0. The lowest BCUT2D eigenvalue weighted by Gasteiger charge is -2.33. The third-order valence-corrected chi connectivity index (χ3v) is 5.57. The van der Waals surface area contributed by atoms with Gasteiger partial charge in [0.05, 0.1) is 26.9 Å². The molecule has 0 aromatic heterocycles. The molecule has 0 bridgehead atoms. The molecule has 8 heteroatoms. The molecule has 24 heavy (non-hydrogen) atoms. The van der Waals surface area contributed by atoms with Crippen molar-refractivity contribution in [2.45, 2.75) is 13.3 Å². The van der Waals surface area contributed by atoms with Gasteiger partial charge in [-0.25, -0.2) is 8.42 Å². The van der Waals surface area contributed by atoms with Crippen molar-refractivity contribution < 1.29 is 22.7 Å². The van der Waals surface area contributed by atoms with Gasteiger partial charge in [-0.05, 0) is 13.0 Å². The number of carbonyl (C=O) groups is 1. The molecule has 0 saturated carbocycles. The summed E-state index contributed by atoms with van der Waals surface area (Å²) < 4.78 is 35.2. The maximum atomic E-state index is 12.5. The van der Waals surface area contributed by atoms with Crippen LogP contribution in [-0.2, 0) is 21.2 Å². The largest absolute Gasteiger partial charge is 0.496 e. The Labute approximate surface area is 143 Å². The van der Waals surface area contributed by atoms with Crippen molar-refractivity contribution in [1.29, 1.82) is 0 Å². The van der Waals surface area contributed by atoms with Gasteiger partial charge in [-0.1, -0.05) is 6.07 Å². The number of methoxy groups -OCH3 is 2. The van der Waals surface area contributed by atoms with Crippen LogP contribution in [0.1, 0.15) is 11.1 Å². The van der Waals surface area contributed by atoms with Crippen molar-refractivity contribution in [2.75, 3.05) is 46.7 Å². The van der Waals surface area contributed by atoms with E-state index in [0.717, 1.165) is 11.1 Å². The molecule has 0 unspecified atom stereocenters. The number of ether oxygens (including phenoxy) is 2. The second-order valence-corrected chi connectivity index (χ2v) is 7.79. The van der Waals surface area contributed by atoms with E-state index in [-0.39, 0.29) is 12.3 Å². The van der Waals surface area contributed by atoms with Crippen LogP contribution in [0.3, 0.4) is 0 Å². The van der Waals surface area contributed by atoms with Crippen molar-refractivity contribution in [2.24, 2.45) is 0 Å². The van der Waals surface area contributed by atoms with Crippen LogP contribution in [0.4, 0.5) is 0 Å². The van der Waals surface area contributed by atoms with Crippen molar-refractivity contribution in [3.63, 3.8) is 0 Å². The van der Waals surface area contributed by atoms with Gasteiger partial charge in [0.1, 0.15) is 11.5 Å². The highest BCUT2D eigenvalue weighted by Crippen LogP contribution is 2.31. The first kappa shape index (κ1) is 18.5. The number of benzene rings is 1. The van der Waals surface area contributed by atoms with Gasteiger partial charge in [-0.3, -0.25) is 4.79 Å². The third kappa shape index (κ3) is 3.99. The molecule has 2 rings (SSSR count). The number of carbonyl (C=O) groups excluding carboxylic acids is 1. The molecule has 7 nitrogen and oxygen atoms in total. The normalized spacial score (nSPS) is 16.1. The van der Waals surface area contributed by atoms with Gasteiger partial charge in [-0.2, -0.15) is 4.31 Å². The van der Waals surface area contributed by atoms with Gasteiger partial charge in [0.15, 0.2) is 0 Å². The molecular formula is C16H24N2O5S. The van der Waals surface area contributed by atoms with Gasteiger partial charge in [0.2, 0.25) is 15.9 Å². The number of piperazine rings is 1. The maximum Gasteiger partial charge on any atom is 0.227 e. The monoisotopic (exact) mass is 356 g/mol. The summed E-state index contributed by atoms with van der Waals surface area (Å²) in [6.45, 7) is 3.37. The van der Waals surface area contributed by atoms with Crippen LogP contribution in [0.5, 0.6) is 11.5 Å². The molecule has 1 aromatic rings. The van der Waals surface area contributed by atoms with E-state index in [9.17, 15) is 13.2 Å². The van der Waals surface area contributed by atoms with Crippen LogP contribution in [0, 0.1) is 6.92 Å². The molecule has 1 saturated heterocycles. The molecule has 1 fully saturated rings. The molecule has 1 aliphatic heterocycles. The first-order valence-corrected chi connectivity index (χ1v) is 9.56. The topological polar surface area (TPSA) is 76.2 Å². The van der Waals surface area contributed by atoms with Gasteiger partial charge < -0.3 is 14.4 Å². The average molecular weight is 356 g/mol. The molecule has 0 N–H and O–H groups in total. The van der Waals surface area contributed by atoms with Gasteiger partial charge >= 0.3 is 0 Å². The zero-order chi connectivity index (χ0) is 17.9. The molecule has 0 atom stereocenters. The predicted molar refractivity (Wildman–Crippen MR) is 91.0 cm³/mol. The van der Waals surface area contributed by atoms with Crippen LogP contribution >= 0.6 is 0 Å². The third-order valence-electron chi connectivity index (χ3n) is 4.26. The number of hydrogen-bond acceptors (Lipinski definition) is 5. The number of amides is 1. The minimum Gasteiger partial charge on any atom is -0.496 e. The van der Waals surface area contributed by atoms with Crippen molar-refractivity contribution in [1.82, 2.24) is 9.21 Å². The lowest BCUT2D eigenvalue weighted by molar-refractivity contribution is -0.131. The Kier molecular flexibility index (Phi) is 5.71. The summed E-state index contributed by atoms with van der Waals surface area (Å²) in [6, 6.07) is 3.65. The van der Waals surface area contributed by atoms with Gasteiger partial charge in [-0.15, -0.1) is 0 Å². The van der Waals surface area contributed by atoms with E-state index in [1.807, 2.05) is 19.1 Å². The predicted octanol–water partition coefficient (Wildman–Crippen LogP) is 0.659. The summed E-state index contributed by atoms with van der Waals surface area (Å²) in [4.78, 5) is 14.2. The van der Waals surface area contributed by atoms with Crippen molar-refractivity contribution >= 4 is 15.9 Å². The Morgan fingerprint density at radius 1 is 1.12 bits per heavy atom. The van der Waals surface area contributed by atoms with E-state index in [1.54, 1.807) is 19.1 Å². The number of rotatable bonds is 5. The Balaban J connectivity index is 2.07. The SMILES string of the molecule is COc1ccc(CC(=O)N2CCN(S(C)(=O)=O)CC2)c(OC)c1C. The highest BCUT2D eigenvalue weighted by Gasteiger charge is 2.26. The van der Waals surface area contributed by atoms with Gasteiger partial charge in [0, 0.05) is 37.3 Å². The summed E-state index contributed by atoms with van der Waals surface area (Å²) >= 11 is 0. The average Bonchev–Trinajstić information content (AvgIpc) is 2.54. The van der Waals surface area contributed by atoms with Crippen LogP contribution in [0.15, 0.2) is 12.1 Å². The van der Waals surface area contributed by atoms with Crippen LogP contribution in [-0.4, -0.2) is 70.2 Å². The zero-order valence-corrected chi connectivity index (χ0v) is 15.4. The standard InChI is InChI=1S/C16H24N2O5S/c1-12-14(22-2)6-5-13(16(12)23-3)11-15(19)17-7-9-18(10-8-17)24(4,20)21/h5-6H,7-11H2,1-4H3. The summed E-state index contributed by atoms with van der Waals surface area (Å²) in [7, 11) is -0.0352. The molecule has 0 radical (unpaired) electrons. The van der Waals surface area contributed by atoms with E-state index < -0.39 is 10.0 Å². The quantitative estimate of drug-likeness (QED) is 0.775. The Morgan fingerprint density at radius 3 is 2.25 bits per heavy atom. The van der Waals surface area contributed by atoms with E-state index >= 15 is 0 Å². The Bertz CT molecular complexity index is 709. The fourth-order valence-electron chi connectivity index (χ4n) is 2.92. The molecule has 1 heterocycles. The summed E-state index contributed by atoms with van der Waals surface area (Å²) in [5.41, 5.74) is 1.65. The van der Waals surface area contributed by atoms with E-state index in [2.05, 4.69) is 0 Å². The molecule has 0 aliphatic carbocycles. The van der Waals surface area contributed by atoms with Crippen molar-refractivity contribution in [3.8, 4) is 11.5 Å². The molecule has 134 valence electrons. The van der Waals surface area contributed by atoms with E-state index in [0.29, 0.717) is 37.7 Å². The summed E-state index contributed by atoms with van der Waals surface area (Å²) in [5.74, 6) is 1.33. The van der Waals surface area contributed by atoms with E-state index in [1.165, 1.54) is 10.6 Å². The fraction of sp³-hybridized carbons (Fsp3) is 0.562. The molecule has 1 aliphatic rings. The van der Waals surface area contributed by atoms with Crippen LogP contribution in [0.2, 0.25) is 0 Å². The summed E-state index contributed by atoms with van der Waals surface area (Å²) in [6.07, 6.45) is 1.41. The first-order chi connectivity index (χ1) is 11.3. The molecular weight excluding hydrogens is 332 g/mol. The second-order valence-electron chi connectivity index (χ2n) is 5.80. The minimum atomic E-state index is -3.20. The highest BCUT2D eigenvalue weighted by molar-refractivity contribution is 7.88. The highest BCUT2D eigenvalue weighted by atomic mass is 32.2. The number of sulfonamides is 1. The molecule has 1 aromatic carbocycles. The maximum absolute atomic E-state index is 12.5. The van der Waals surface area contributed by atoms with Crippen LogP contribution < -0.4 is 9.47 Å². The minimum absolute atomic E-state index is 0.0361. The number of nitrogens with zero attached hydrogens (tertiary/aromatic N) is 2. The Morgan fingerprint density at radius 2 is 1.75 bits per heavy atom. The molecule has 0 spiro atoms. The Hall–Kier alpha value is -1.80. The second kappa shape index (κ2) is 7.40. The lowest BCUT2D eigenvalue weighted by Crippen LogP contribution is -2.50. The van der Waals surface area contributed by atoms with Gasteiger partial charge in [0.25, 0.3) is 0 Å². The fourth-order valence-corrected chi connectivity index (χ4v) is 3.74. The van der Waals surface area contributed by atoms with E-state index in [4.69, 9.17) is 9.47 Å². The summed E-state index contributed by atoms with van der Waals surface area (Å²) in [5, 5.41) is 0. The van der Waals surface area contributed by atoms with Crippen molar-refractivity contribution in [3.05, 3.63) is 23.3 Å². The molecule has 1 amide bonds. The lowest BCUT2D eigenvalue weighted by atomic mass is 10.0. The zero-order valence-electron chi connectivity index (χ0n) is 14.5. The van der Waals surface area contributed by atoms with Crippen LogP contribution in [0.25, 0.3) is 0 Å².